The molecule has 0 radical (unpaired) electrons. The predicted octanol–water partition coefficient (Wildman–Crippen LogP) is 2.06. The second-order valence-corrected chi connectivity index (χ2v) is 3.45. The lowest BCUT2D eigenvalue weighted by molar-refractivity contribution is -0.421. The van der Waals surface area contributed by atoms with Crippen molar-refractivity contribution >= 4 is 5.71 Å². The van der Waals surface area contributed by atoms with Crippen LogP contribution in [0, 0.1) is 5.21 Å². The number of hydrogen-bond acceptors (Lipinski definition) is 2. The lowest BCUT2D eigenvalue weighted by atomic mass is 10.0. The summed E-state index contributed by atoms with van der Waals surface area (Å²) < 4.78 is 0.867. The standard InChI is InChI=1S/C13H12N2O/c1-15(16)13(11-6-3-2-4-7-11)12-8-5-9-14-10-12/h2-10H,1H3. The average Bonchev–Trinajstić information content (AvgIpc) is 2.31. The number of pyridine rings is 1. The van der Waals surface area contributed by atoms with Gasteiger partial charge in [-0.3, -0.25) is 4.98 Å². The fourth-order valence-electron chi connectivity index (χ4n) is 1.63. The van der Waals surface area contributed by atoms with Crippen LogP contribution in [-0.4, -0.2) is 22.5 Å². The van der Waals surface area contributed by atoms with Crippen molar-refractivity contribution in [3.05, 3.63) is 71.2 Å². The smallest absolute Gasteiger partial charge is 0.226 e. The second-order valence-electron chi connectivity index (χ2n) is 3.45. The maximum Gasteiger partial charge on any atom is 0.226 e. The summed E-state index contributed by atoms with van der Waals surface area (Å²) in [4.78, 5) is 4.03. The monoisotopic (exact) mass is 212 g/mol. The Kier molecular flexibility index (Phi) is 2.96. The summed E-state index contributed by atoms with van der Waals surface area (Å²) in [5, 5.41) is 11.6. The fourth-order valence-corrected chi connectivity index (χ4v) is 1.63. The molecule has 0 aliphatic heterocycles. The van der Waals surface area contributed by atoms with E-state index in [2.05, 4.69) is 4.98 Å². The van der Waals surface area contributed by atoms with E-state index in [1.54, 1.807) is 12.4 Å². The zero-order valence-corrected chi connectivity index (χ0v) is 9.00. The largest absolute Gasteiger partial charge is 0.624 e. The third kappa shape index (κ3) is 2.08. The van der Waals surface area contributed by atoms with Crippen molar-refractivity contribution in [1.29, 1.82) is 0 Å². The summed E-state index contributed by atoms with van der Waals surface area (Å²) in [7, 11) is 1.50. The first kappa shape index (κ1) is 10.4. The van der Waals surface area contributed by atoms with Crippen molar-refractivity contribution in [2.45, 2.75) is 0 Å². The van der Waals surface area contributed by atoms with E-state index in [1.807, 2.05) is 42.5 Å². The number of benzene rings is 1. The Balaban J connectivity index is 2.54. The fraction of sp³-hybridized carbons (Fsp3) is 0.0769. The summed E-state index contributed by atoms with van der Waals surface area (Å²) >= 11 is 0. The van der Waals surface area contributed by atoms with Gasteiger partial charge in [0, 0.05) is 18.0 Å². The molecule has 0 aliphatic rings. The van der Waals surface area contributed by atoms with Crippen LogP contribution in [0.2, 0.25) is 0 Å². The third-order valence-electron chi connectivity index (χ3n) is 2.30. The number of hydroxylamine groups is 1. The van der Waals surface area contributed by atoms with Gasteiger partial charge >= 0.3 is 0 Å². The second kappa shape index (κ2) is 4.57. The highest BCUT2D eigenvalue weighted by Crippen LogP contribution is 2.08. The van der Waals surface area contributed by atoms with Crippen molar-refractivity contribution in [2.24, 2.45) is 0 Å². The molecule has 0 unspecified atom stereocenters. The number of rotatable bonds is 2. The van der Waals surface area contributed by atoms with Gasteiger partial charge in [0.1, 0.15) is 7.05 Å². The molecule has 3 nitrogen and oxygen atoms in total. The summed E-state index contributed by atoms with van der Waals surface area (Å²) in [5.74, 6) is 0. The van der Waals surface area contributed by atoms with Gasteiger partial charge in [0.25, 0.3) is 0 Å². The Morgan fingerprint density at radius 3 is 2.31 bits per heavy atom. The molecule has 0 saturated heterocycles. The number of hydrogen-bond donors (Lipinski definition) is 0. The average molecular weight is 212 g/mol. The molecule has 2 rings (SSSR count). The SMILES string of the molecule is C[N+]([O-])=C(c1ccccc1)c1cccnc1. The summed E-state index contributed by atoms with van der Waals surface area (Å²) in [5.41, 5.74) is 2.35. The van der Waals surface area contributed by atoms with Crippen molar-refractivity contribution in [2.75, 3.05) is 7.05 Å². The van der Waals surface area contributed by atoms with Crippen LogP contribution in [0.3, 0.4) is 0 Å². The van der Waals surface area contributed by atoms with E-state index in [0.717, 1.165) is 15.9 Å². The summed E-state index contributed by atoms with van der Waals surface area (Å²) in [6.45, 7) is 0. The quantitative estimate of drug-likeness (QED) is 0.331. The Morgan fingerprint density at radius 1 is 1.06 bits per heavy atom. The maximum atomic E-state index is 11.6. The van der Waals surface area contributed by atoms with E-state index in [9.17, 15) is 5.21 Å². The van der Waals surface area contributed by atoms with E-state index in [0.29, 0.717) is 5.71 Å². The highest BCUT2D eigenvalue weighted by molar-refractivity contribution is 6.09. The Morgan fingerprint density at radius 2 is 1.75 bits per heavy atom. The minimum atomic E-state index is 0.633. The van der Waals surface area contributed by atoms with Crippen LogP contribution in [0.5, 0.6) is 0 Å². The maximum absolute atomic E-state index is 11.6. The van der Waals surface area contributed by atoms with Crippen LogP contribution in [0.4, 0.5) is 0 Å². The zero-order valence-electron chi connectivity index (χ0n) is 9.00. The third-order valence-corrected chi connectivity index (χ3v) is 2.30. The molecule has 0 N–H and O–H groups in total. The lowest BCUT2D eigenvalue weighted by Crippen LogP contribution is -2.15. The number of aromatic nitrogens is 1. The van der Waals surface area contributed by atoms with Gasteiger partial charge in [0.2, 0.25) is 5.71 Å². The molecule has 2 aromatic rings. The van der Waals surface area contributed by atoms with Gasteiger partial charge in [-0.05, 0) is 24.3 Å². The number of nitrogens with zero attached hydrogens (tertiary/aromatic N) is 2. The first-order chi connectivity index (χ1) is 7.79. The van der Waals surface area contributed by atoms with E-state index < -0.39 is 0 Å². The van der Waals surface area contributed by atoms with Gasteiger partial charge in [0.15, 0.2) is 0 Å². The zero-order chi connectivity index (χ0) is 11.4. The van der Waals surface area contributed by atoms with E-state index >= 15 is 0 Å². The molecule has 1 aromatic heterocycles. The van der Waals surface area contributed by atoms with Gasteiger partial charge in [-0.15, -0.1) is 0 Å². The van der Waals surface area contributed by atoms with E-state index in [1.165, 1.54) is 7.05 Å². The first-order valence-corrected chi connectivity index (χ1v) is 5.02. The molecule has 16 heavy (non-hydrogen) atoms. The van der Waals surface area contributed by atoms with Crippen LogP contribution in [0.1, 0.15) is 11.1 Å². The van der Waals surface area contributed by atoms with Crippen LogP contribution in [0.15, 0.2) is 54.9 Å². The summed E-state index contributed by atoms with van der Waals surface area (Å²) in [6.07, 6.45) is 3.38. The van der Waals surface area contributed by atoms with Crippen molar-refractivity contribution in [3.63, 3.8) is 0 Å². The van der Waals surface area contributed by atoms with Crippen LogP contribution >= 0.6 is 0 Å². The molecule has 0 saturated carbocycles. The molecule has 0 fully saturated rings. The molecular weight excluding hydrogens is 200 g/mol. The normalized spacial score (nSPS) is 12.1. The van der Waals surface area contributed by atoms with Crippen LogP contribution < -0.4 is 0 Å². The Bertz CT molecular complexity index is 446. The van der Waals surface area contributed by atoms with Crippen LogP contribution in [-0.2, 0) is 0 Å². The van der Waals surface area contributed by atoms with E-state index in [4.69, 9.17) is 0 Å². The molecule has 0 spiro atoms. The topological polar surface area (TPSA) is 39.0 Å². The molecule has 1 heterocycles. The van der Waals surface area contributed by atoms with Gasteiger partial charge in [-0.25, -0.2) is 4.74 Å². The molecule has 0 aliphatic carbocycles. The molecule has 3 heteroatoms. The molecule has 0 bridgehead atoms. The summed E-state index contributed by atoms with van der Waals surface area (Å²) in [6, 6.07) is 13.3. The molecule has 1 aromatic carbocycles. The molecular formula is C13H12N2O. The van der Waals surface area contributed by atoms with Gasteiger partial charge < -0.3 is 5.21 Å². The Hall–Kier alpha value is -2.16. The predicted molar refractivity (Wildman–Crippen MR) is 63.4 cm³/mol. The van der Waals surface area contributed by atoms with Crippen LogP contribution in [0.25, 0.3) is 0 Å². The minimum Gasteiger partial charge on any atom is -0.624 e. The highest BCUT2D eigenvalue weighted by atomic mass is 16.5. The van der Waals surface area contributed by atoms with Gasteiger partial charge in [0.05, 0.1) is 5.56 Å². The van der Waals surface area contributed by atoms with Crippen molar-refractivity contribution in [3.8, 4) is 0 Å². The molecule has 80 valence electrons. The Labute approximate surface area is 94.3 Å². The first-order valence-electron chi connectivity index (χ1n) is 5.02. The van der Waals surface area contributed by atoms with Gasteiger partial charge in [-0.1, -0.05) is 18.2 Å². The van der Waals surface area contributed by atoms with Crippen molar-refractivity contribution < 1.29 is 4.74 Å². The van der Waals surface area contributed by atoms with E-state index in [-0.39, 0.29) is 0 Å². The molecule has 0 atom stereocenters. The lowest BCUT2D eigenvalue weighted by Gasteiger charge is -2.07. The van der Waals surface area contributed by atoms with Gasteiger partial charge in [-0.2, -0.15) is 0 Å². The molecule has 0 amide bonds. The van der Waals surface area contributed by atoms with Crippen molar-refractivity contribution in [1.82, 2.24) is 4.98 Å². The minimum absolute atomic E-state index is 0.633. The highest BCUT2D eigenvalue weighted by Gasteiger charge is 2.13.